The minimum Gasteiger partial charge on any atom is -0.390 e. The Bertz CT molecular complexity index is 1050. The Morgan fingerprint density at radius 1 is 1.31 bits per heavy atom. The Balaban J connectivity index is 1.27. The van der Waals surface area contributed by atoms with Crippen LogP contribution in [0.1, 0.15) is 23.6 Å². The normalized spacial score (nSPS) is 23.4. The molecule has 0 saturated carbocycles. The Labute approximate surface area is 168 Å². The molecule has 2 aromatic heterocycles. The highest BCUT2D eigenvalue weighted by Crippen LogP contribution is 2.32. The minimum absolute atomic E-state index is 0.0766. The topological polar surface area (TPSA) is 97.4 Å². The number of hydrogen-bond acceptors (Lipinski definition) is 5. The van der Waals surface area contributed by atoms with Gasteiger partial charge in [0.1, 0.15) is 17.8 Å². The monoisotopic (exact) mass is 392 g/mol. The smallest absolute Gasteiger partial charge is 0.318 e. The number of carbonyl (C=O) groups excluding carboxylic acids is 1. The van der Waals surface area contributed by atoms with Crippen LogP contribution >= 0.6 is 0 Å². The number of aliphatic hydroxyl groups is 1. The summed E-state index contributed by atoms with van der Waals surface area (Å²) in [5, 5.41) is 14.4. The van der Waals surface area contributed by atoms with Gasteiger partial charge in [-0.05, 0) is 23.6 Å². The van der Waals surface area contributed by atoms with Gasteiger partial charge in [-0.1, -0.05) is 24.3 Å². The summed E-state index contributed by atoms with van der Waals surface area (Å²) in [7, 11) is 1.82. The quantitative estimate of drug-likeness (QED) is 0.632. The van der Waals surface area contributed by atoms with Gasteiger partial charge >= 0.3 is 6.03 Å². The lowest BCUT2D eigenvalue weighted by Gasteiger charge is -2.28. The lowest BCUT2D eigenvalue weighted by Crippen LogP contribution is -2.47. The molecule has 0 bridgehead atoms. The van der Waals surface area contributed by atoms with E-state index in [-0.39, 0.29) is 18.1 Å². The molecule has 3 N–H and O–H groups in total. The molecule has 0 radical (unpaired) electrons. The van der Waals surface area contributed by atoms with Crippen LogP contribution in [0.25, 0.3) is 11.0 Å². The van der Waals surface area contributed by atoms with Crippen LogP contribution in [0, 0.1) is 0 Å². The Morgan fingerprint density at radius 3 is 3.07 bits per heavy atom. The molecule has 0 spiro atoms. The number of urea groups is 1. The van der Waals surface area contributed by atoms with Crippen LogP contribution in [0.3, 0.4) is 0 Å². The molecular weight excluding hydrogens is 368 g/mol. The lowest BCUT2D eigenvalue weighted by atomic mass is 10.1. The molecule has 3 atom stereocenters. The van der Waals surface area contributed by atoms with Crippen molar-refractivity contribution in [2.24, 2.45) is 0 Å². The molecule has 1 aliphatic heterocycles. The first kappa shape index (κ1) is 17.9. The van der Waals surface area contributed by atoms with Crippen LogP contribution in [0.4, 0.5) is 10.6 Å². The summed E-state index contributed by atoms with van der Waals surface area (Å²) < 4.78 is 0. The molecule has 1 fully saturated rings. The van der Waals surface area contributed by atoms with Crippen molar-refractivity contribution in [1.29, 1.82) is 0 Å². The maximum Gasteiger partial charge on any atom is 0.318 e. The number of aromatic amines is 1. The van der Waals surface area contributed by atoms with Crippen LogP contribution < -0.4 is 10.2 Å². The number of aliphatic hydroxyl groups excluding tert-OH is 1. The van der Waals surface area contributed by atoms with Crippen molar-refractivity contribution in [1.82, 2.24) is 25.2 Å². The maximum absolute atomic E-state index is 12.9. The number of hydrogen-bond donors (Lipinski definition) is 3. The number of amides is 2. The molecule has 3 aromatic rings. The predicted octanol–water partition coefficient (Wildman–Crippen LogP) is 1.84. The predicted molar refractivity (Wildman–Crippen MR) is 110 cm³/mol. The first-order chi connectivity index (χ1) is 14.1. The largest absolute Gasteiger partial charge is 0.390 e. The second-order valence-electron chi connectivity index (χ2n) is 7.83. The van der Waals surface area contributed by atoms with Crippen LogP contribution in [0.5, 0.6) is 0 Å². The molecule has 8 nitrogen and oxygen atoms in total. The number of aromatic nitrogens is 3. The van der Waals surface area contributed by atoms with Gasteiger partial charge in [0, 0.05) is 32.8 Å². The molecule has 5 rings (SSSR count). The number of rotatable bonds is 3. The van der Waals surface area contributed by atoms with E-state index in [0.29, 0.717) is 13.0 Å². The first-order valence-corrected chi connectivity index (χ1v) is 9.94. The average molecular weight is 392 g/mol. The van der Waals surface area contributed by atoms with Gasteiger partial charge in [-0.3, -0.25) is 0 Å². The number of nitrogens with one attached hydrogen (secondary N) is 2. The highest BCUT2D eigenvalue weighted by molar-refractivity contribution is 5.87. The molecular formula is C21H24N6O2. The van der Waals surface area contributed by atoms with Crippen molar-refractivity contribution in [3.05, 3.63) is 54.0 Å². The third-order valence-electron chi connectivity index (χ3n) is 6.15. The van der Waals surface area contributed by atoms with E-state index < -0.39 is 6.10 Å². The molecule has 2 amide bonds. The van der Waals surface area contributed by atoms with Gasteiger partial charge in [-0.2, -0.15) is 0 Å². The highest BCUT2D eigenvalue weighted by atomic mass is 16.3. The minimum atomic E-state index is -0.590. The number of fused-ring (bicyclic) bond motifs is 2. The molecule has 3 heterocycles. The van der Waals surface area contributed by atoms with E-state index in [4.69, 9.17) is 0 Å². The SMILES string of the molecule is CN(C(=O)N[C@@H]1c2ccccc2C[C@H]1O)[C@@H]1CCN(c2ncnc3[nH]ccc23)C1. The third-order valence-corrected chi connectivity index (χ3v) is 6.15. The summed E-state index contributed by atoms with van der Waals surface area (Å²) >= 11 is 0. The van der Waals surface area contributed by atoms with E-state index in [1.165, 1.54) is 0 Å². The number of benzene rings is 1. The van der Waals surface area contributed by atoms with Crippen molar-refractivity contribution >= 4 is 22.9 Å². The molecule has 29 heavy (non-hydrogen) atoms. The maximum atomic E-state index is 12.9. The van der Waals surface area contributed by atoms with Crippen molar-refractivity contribution in [3.63, 3.8) is 0 Å². The van der Waals surface area contributed by atoms with Gasteiger partial charge in [-0.25, -0.2) is 14.8 Å². The lowest BCUT2D eigenvalue weighted by molar-refractivity contribution is 0.133. The molecule has 1 aliphatic carbocycles. The standard InChI is InChI=1S/C21H24N6O2/c1-26(21(29)25-18-15-5-3-2-4-13(15)10-17(18)28)14-7-9-27(11-14)20-16-6-8-22-19(16)23-12-24-20/h2-6,8,12,14,17-18,28H,7,9-11H2,1H3,(H,25,29)(H,22,23,24)/t14-,17-,18-/m1/s1. The summed E-state index contributed by atoms with van der Waals surface area (Å²) in [5.41, 5.74) is 2.92. The molecule has 8 heteroatoms. The summed E-state index contributed by atoms with van der Waals surface area (Å²) in [6.07, 6.45) is 4.27. The van der Waals surface area contributed by atoms with E-state index in [1.54, 1.807) is 11.2 Å². The van der Waals surface area contributed by atoms with Crippen LogP contribution in [0.2, 0.25) is 0 Å². The van der Waals surface area contributed by atoms with E-state index in [1.807, 2.05) is 43.6 Å². The zero-order valence-electron chi connectivity index (χ0n) is 16.2. The van der Waals surface area contributed by atoms with Gasteiger partial charge in [0.25, 0.3) is 0 Å². The van der Waals surface area contributed by atoms with Gasteiger partial charge in [0.15, 0.2) is 0 Å². The average Bonchev–Trinajstić information content (AvgIpc) is 3.46. The van der Waals surface area contributed by atoms with Crippen molar-refractivity contribution in [2.45, 2.75) is 31.0 Å². The Kier molecular flexibility index (Phi) is 4.35. The Morgan fingerprint density at radius 2 is 2.17 bits per heavy atom. The third kappa shape index (κ3) is 3.09. The molecule has 0 unspecified atom stereocenters. The molecule has 1 saturated heterocycles. The fraction of sp³-hybridized carbons (Fsp3) is 0.381. The molecule has 1 aromatic carbocycles. The van der Waals surface area contributed by atoms with E-state index in [2.05, 4.69) is 25.2 Å². The van der Waals surface area contributed by atoms with Gasteiger partial charge in [0.05, 0.1) is 23.6 Å². The number of carbonyl (C=O) groups is 1. The summed E-state index contributed by atoms with van der Waals surface area (Å²) in [5.74, 6) is 0.896. The zero-order valence-corrected chi connectivity index (χ0v) is 16.2. The molecule has 150 valence electrons. The summed E-state index contributed by atoms with van der Waals surface area (Å²) in [6, 6.07) is 9.42. The van der Waals surface area contributed by atoms with Gasteiger partial charge in [0.2, 0.25) is 0 Å². The van der Waals surface area contributed by atoms with Gasteiger partial charge in [-0.15, -0.1) is 0 Å². The first-order valence-electron chi connectivity index (χ1n) is 9.94. The van der Waals surface area contributed by atoms with E-state index in [9.17, 15) is 9.90 Å². The molecule has 2 aliphatic rings. The number of likely N-dealkylation sites (N-methyl/N-ethyl adjacent to an activating group) is 1. The van der Waals surface area contributed by atoms with Crippen LogP contribution in [0.15, 0.2) is 42.9 Å². The summed E-state index contributed by atoms with van der Waals surface area (Å²) in [6.45, 7) is 1.54. The number of nitrogens with zero attached hydrogens (tertiary/aromatic N) is 4. The van der Waals surface area contributed by atoms with Crippen LogP contribution in [-0.2, 0) is 6.42 Å². The second-order valence-corrected chi connectivity index (χ2v) is 7.83. The van der Waals surface area contributed by atoms with Gasteiger partial charge < -0.3 is 25.2 Å². The zero-order chi connectivity index (χ0) is 20.0. The highest BCUT2D eigenvalue weighted by Gasteiger charge is 2.35. The second kappa shape index (κ2) is 7.04. The number of H-pyrrole nitrogens is 1. The number of anilines is 1. The fourth-order valence-corrected chi connectivity index (χ4v) is 4.51. The van der Waals surface area contributed by atoms with Crippen molar-refractivity contribution in [2.75, 3.05) is 25.0 Å². The van der Waals surface area contributed by atoms with E-state index >= 15 is 0 Å². The van der Waals surface area contributed by atoms with Crippen molar-refractivity contribution in [3.8, 4) is 0 Å². The summed E-state index contributed by atoms with van der Waals surface area (Å²) in [4.78, 5) is 28.7. The van der Waals surface area contributed by atoms with Crippen molar-refractivity contribution < 1.29 is 9.90 Å². The Hall–Kier alpha value is -3.13. The van der Waals surface area contributed by atoms with E-state index in [0.717, 1.165) is 40.9 Å². The fourth-order valence-electron chi connectivity index (χ4n) is 4.51. The van der Waals surface area contributed by atoms with Crippen LogP contribution in [-0.4, -0.2) is 63.3 Å².